The maximum atomic E-state index is 12.7. The topological polar surface area (TPSA) is 147 Å². The van der Waals surface area contributed by atoms with E-state index in [2.05, 4.69) is 30.2 Å². The van der Waals surface area contributed by atoms with Crippen molar-refractivity contribution >= 4 is 44.7 Å². The Morgan fingerprint density at radius 3 is 2.58 bits per heavy atom. The van der Waals surface area contributed by atoms with E-state index in [0.717, 1.165) is 6.20 Å². The van der Waals surface area contributed by atoms with Crippen molar-refractivity contribution in [2.45, 2.75) is 4.90 Å². The minimum atomic E-state index is -2.94. The third-order valence-corrected chi connectivity index (χ3v) is 5.32. The molecule has 3 N–H and O–H groups in total. The Balaban J connectivity index is 2.64. The summed E-state index contributed by atoms with van der Waals surface area (Å²) in [5.41, 5.74) is -0.0586. The van der Waals surface area contributed by atoms with Crippen molar-refractivity contribution in [1.82, 2.24) is 20.5 Å². The monoisotopic (exact) mass is 398 g/mol. The van der Waals surface area contributed by atoms with Gasteiger partial charge in [0, 0.05) is 32.6 Å². The highest BCUT2D eigenvalue weighted by molar-refractivity contribution is 7.93. The van der Waals surface area contributed by atoms with Crippen molar-refractivity contribution in [2.75, 3.05) is 25.7 Å². The molecule has 0 saturated carbocycles. The van der Waals surface area contributed by atoms with Gasteiger partial charge in [-0.3, -0.25) is 4.79 Å². The molecule has 12 heteroatoms. The van der Waals surface area contributed by atoms with Gasteiger partial charge < -0.3 is 15.7 Å². The molecule has 138 valence electrons. The van der Waals surface area contributed by atoms with Crippen LogP contribution in [0.3, 0.4) is 0 Å². The molecule has 0 aromatic carbocycles. The molecule has 2 aromatic rings. The zero-order chi connectivity index (χ0) is 19.5. The van der Waals surface area contributed by atoms with E-state index in [1.165, 1.54) is 32.5 Å². The van der Waals surface area contributed by atoms with Gasteiger partial charge in [-0.25, -0.2) is 18.4 Å². The third-order valence-electron chi connectivity index (χ3n) is 3.32. The molecule has 0 aliphatic rings. The fourth-order valence-electron chi connectivity index (χ4n) is 1.92. The first-order valence-corrected chi connectivity index (χ1v) is 9.35. The standard InChI is InChI=1S/C14H15ClN6O4S/c1-16-13(22)11-8(5-10(15)20-21-11)19-12-9(26(3,25)17-2)4-7(6-18-12)14(23)24/h4-6H,1-3H3,(H,16,22)(H,23,24)(H,18,19,20). The van der Waals surface area contributed by atoms with Gasteiger partial charge in [0.15, 0.2) is 10.8 Å². The molecular formula is C14H15ClN6O4S. The number of rotatable bonds is 5. The van der Waals surface area contributed by atoms with Crippen LogP contribution in [0, 0.1) is 0 Å². The van der Waals surface area contributed by atoms with Crippen molar-refractivity contribution < 1.29 is 18.9 Å². The van der Waals surface area contributed by atoms with Crippen LogP contribution in [-0.4, -0.2) is 56.7 Å². The number of carbonyl (C=O) groups is 2. The van der Waals surface area contributed by atoms with Crippen LogP contribution in [0.25, 0.3) is 0 Å². The van der Waals surface area contributed by atoms with Crippen LogP contribution in [0.15, 0.2) is 27.6 Å². The number of amides is 1. The summed E-state index contributed by atoms with van der Waals surface area (Å²) in [6.45, 7) is 0. The van der Waals surface area contributed by atoms with Crippen LogP contribution in [0.1, 0.15) is 20.8 Å². The van der Waals surface area contributed by atoms with E-state index in [9.17, 15) is 13.8 Å². The molecule has 0 saturated heterocycles. The third kappa shape index (κ3) is 4.06. The van der Waals surface area contributed by atoms with E-state index in [0.29, 0.717) is 0 Å². The van der Waals surface area contributed by atoms with Gasteiger partial charge in [-0.05, 0) is 6.07 Å². The average Bonchev–Trinajstić information content (AvgIpc) is 2.61. The lowest BCUT2D eigenvalue weighted by atomic mass is 10.2. The average molecular weight is 399 g/mol. The Morgan fingerprint density at radius 2 is 2.00 bits per heavy atom. The summed E-state index contributed by atoms with van der Waals surface area (Å²) in [6.07, 6.45) is 2.44. The van der Waals surface area contributed by atoms with E-state index in [-0.39, 0.29) is 32.8 Å². The summed E-state index contributed by atoms with van der Waals surface area (Å²) in [5.74, 6) is -1.70. The number of pyridine rings is 1. The number of anilines is 2. The first-order valence-electron chi connectivity index (χ1n) is 7.05. The Hall–Kier alpha value is -2.79. The van der Waals surface area contributed by atoms with Crippen molar-refractivity contribution in [3.05, 3.63) is 34.7 Å². The van der Waals surface area contributed by atoms with Gasteiger partial charge in [-0.1, -0.05) is 11.6 Å². The van der Waals surface area contributed by atoms with E-state index in [1.807, 2.05) is 0 Å². The number of carbonyl (C=O) groups excluding carboxylic acids is 1. The molecule has 1 unspecified atom stereocenters. The lowest BCUT2D eigenvalue weighted by Gasteiger charge is -2.14. The molecule has 0 spiro atoms. The van der Waals surface area contributed by atoms with E-state index >= 15 is 0 Å². The van der Waals surface area contributed by atoms with Gasteiger partial charge in [0.25, 0.3) is 5.91 Å². The summed E-state index contributed by atoms with van der Waals surface area (Å²) in [5, 5.41) is 21.7. The maximum Gasteiger partial charge on any atom is 0.337 e. The summed E-state index contributed by atoms with van der Waals surface area (Å²) >= 11 is 5.84. The smallest absolute Gasteiger partial charge is 0.337 e. The summed E-state index contributed by atoms with van der Waals surface area (Å²) < 4.78 is 16.5. The molecule has 2 aromatic heterocycles. The number of nitrogens with one attached hydrogen (secondary N) is 2. The van der Waals surface area contributed by atoms with E-state index < -0.39 is 21.6 Å². The van der Waals surface area contributed by atoms with Crippen LogP contribution in [0.4, 0.5) is 11.5 Å². The first kappa shape index (κ1) is 19.5. The van der Waals surface area contributed by atoms with Gasteiger partial charge in [-0.2, -0.15) is 0 Å². The number of aromatic nitrogens is 3. The van der Waals surface area contributed by atoms with E-state index in [4.69, 9.17) is 16.7 Å². The number of nitrogens with zero attached hydrogens (tertiary/aromatic N) is 4. The Labute approximate surface area is 154 Å². The summed E-state index contributed by atoms with van der Waals surface area (Å²) in [7, 11) is -0.170. The highest BCUT2D eigenvalue weighted by atomic mass is 35.5. The number of hydrogen-bond donors (Lipinski definition) is 3. The molecule has 1 atom stereocenters. The minimum absolute atomic E-state index is 0.0151. The number of aromatic carboxylic acids is 1. The SMILES string of the molecule is CN=S(C)(=O)c1cc(C(=O)O)cnc1Nc1cc(Cl)nnc1C(=O)NC. The molecule has 0 fully saturated rings. The Kier molecular flexibility index (Phi) is 5.73. The van der Waals surface area contributed by atoms with Gasteiger partial charge >= 0.3 is 5.97 Å². The van der Waals surface area contributed by atoms with Gasteiger partial charge in [0.1, 0.15) is 5.82 Å². The molecule has 2 heterocycles. The second-order valence-corrected chi connectivity index (χ2v) is 7.79. The first-order chi connectivity index (χ1) is 12.2. The molecule has 10 nitrogen and oxygen atoms in total. The Morgan fingerprint density at radius 1 is 1.31 bits per heavy atom. The number of carboxylic acid groups (broad SMARTS) is 1. The molecule has 0 aliphatic carbocycles. The normalized spacial score (nSPS) is 12.8. The molecule has 0 aliphatic heterocycles. The number of halogens is 1. The molecule has 0 bridgehead atoms. The predicted molar refractivity (Wildman–Crippen MR) is 95.6 cm³/mol. The van der Waals surface area contributed by atoms with Crippen LogP contribution >= 0.6 is 11.6 Å². The zero-order valence-electron chi connectivity index (χ0n) is 14.0. The predicted octanol–water partition coefficient (Wildman–Crippen LogP) is 1.41. The quantitative estimate of drug-likeness (QED) is 0.684. The van der Waals surface area contributed by atoms with Crippen molar-refractivity contribution in [3.8, 4) is 0 Å². The van der Waals surface area contributed by atoms with Crippen molar-refractivity contribution in [1.29, 1.82) is 0 Å². The molecule has 2 rings (SSSR count). The van der Waals surface area contributed by atoms with Crippen molar-refractivity contribution in [3.63, 3.8) is 0 Å². The molecular weight excluding hydrogens is 384 g/mol. The van der Waals surface area contributed by atoms with Crippen LogP contribution in [0.2, 0.25) is 5.15 Å². The molecule has 1 amide bonds. The van der Waals surface area contributed by atoms with Gasteiger partial charge in [0.2, 0.25) is 0 Å². The highest BCUT2D eigenvalue weighted by Gasteiger charge is 2.20. The van der Waals surface area contributed by atoms with Gasteiger partial charge in [0.05, 0.1) is 25.9 Å². The number of hydrogen-bond acceptors (Lipinski definition) is 8. The largest absolute Gasteiger partial charge is 0.478 e. The minimum Gasteiger partial charge on any atom is -0.478 e. The second-order valence-electron chi connectivity index (χ2n) is 4.99. The lowest BCUT2D eigenvalue weighted by molar-refractivity contribution is 0.0696. The Bertz CT molecular complexity index is 1000. The number of carboxylic acids is 1. The lowest BCUT2D eigenvalue weighted by Crippen LogP contribution is -2.21. The summed E-state index contributed by atoms with van der Waals surface area (Å²) in [4.78, 5) is 27.2. The van der Waals surface area contributed by atoms with Gasteiger partial charge in [-0.15, -0.1) is 10.2 Å². The second kappa shape index (κ2) is 7.62. The maximum absolute atomic E-state index is 12.7. The van der Waals surface area contributed by atoms with Crippen LogP contribution in [-0.2, 0) is 9.73 Å². The summed E-state index contributed by atoms with van der Waals surface area (Å²) in [6, 6.07) is 2.55. The fraction of sp³-hybridized carbons (Fsp3) is 0.214. The molecule has 26 heavy (non-hydrogen) atoms. The van der Waals surface area contributed by atoms with Crippen molar-refractivity contribution in [2.24, 2.45) is 4.36 Å². The highest BCUT2D eigenvalue weighted by Crippen LogP contribution is 2.27. The van der Waals surface area contributed by atoms with Crippen LogP contribution in [0.5, 0.6) is 0 Å². The fourth-order valence-corrected chi connectivity index (χ4v) is 3.07. The molecule has 0 radical (unpaired) electrons. The zero-order valence-corrected chi connectivity index (χ0v) is 15.6. The van der Waals surface area contributed by atoms with E-state index in [1.54, 1.807) is 0 Å². The van der Waals surface area contributed by atoms with Crippen LogP contribution < -0.4 is 10.6 Å².